The number of carbonyl (C=O) groups is 2. The molecule has 0 spiro atoms. The number of rotatable bonds is 6. The van der Waals surface area contributed by atoms with Crippen LogP contribution in [0.25, 0.3) is 10.6 Å². The second-order valence-electron chi connectivity index (χ2n) is 4.94. The van der Waals surface area contributed by atoms with Crippen molar-refractivity contribution < 1.29 is 9.59 Å². The Bertz CT molecular complexity index is 749. The number of thiazole rings is 1. The molecule has 2 amide bonds. The number of benzene rings is 1. The van der Waals surface area contributed by atoms with E-state index in [1.165, 1.54) is 16.2 Å². The molecular weight excluding hydrogens is 369 g/mol. The lowest BCUT2D eigenvalue weighted by atomic mass is 10.2. The van der Waals surface area contributed by atoms with Crippen LogP contribution in [0.3, 0.4) is 0 Å². The SMILES string of the molecule is CCNC(=O)CN(CC)C(=O)c1csc(-c2ccc(Cl)c(Cl)c2)n1. The van der Waals surface area contributed by atoms with Gasteiger partial charge in [-0.1, -0.05) is 29.3 Å². The molecule has 0 unspecified atom stereocenters. The molecule has 0 aliphatic rings. The van der Waals surface area contributed by atoms with E-state index in [-0.39, 0.29) is 18.4 Å². The highest BCUT2D eigenvalue weighted by Crippen LogP contribution is 2.30. The third-order valence-corrected chi connectivity index (χ3v) is 4.90. The predicted molar refractivity (Wildman–Crippen MR) is 97.8 cm³/mol. The van der Waals surface area contributed by atoms with Gasteiger partial charge in [-0.2, -0.15) is 0 Å². The minimum Gasteiger partial charge on any atom is -0.355 e. The molecule has 8 heteroatoms. The standard InChI is InChI=1S/C16H17Cl2N3O2S/c1-3-19-14(22)8-21(4-2)16(23)13-9-24-15(20-13)10-5-6-11(17)12(18)7-10/h5-7,9H,3-4,8H2,1-2H3,(H,19,22). The molecule has 1 N–H and O–H groups in total. The van der Waals surface area contributed by atoms with Crippen LogP contribution >= 0.6 is 34.5 Å². The monoisotopic (exact) mass is 385 g/mol. The third-order valence-electron chi connectivity index (χ3n) is 3.27. The van der Waals surface area contributed by atoms with Crippen LogP contribution in [0.5, 0.6) is 0 Å². The first-order valence-electron chi connectivity index (χ1n) is 7.43. The number of hydrogen-bond donors (Lipinski definition) is 1. The van der Waals surface area contributed by atoms with Crippen molar-refractivity contribution in [1.82, 2.24) is 15.2 Å². The van der Waals surface area contributed by atoms with E-state index in [0.717, 1.165) is 5.56 Å². The Kier molecular flexibility index (Phi) is 6.60. The zero-order chi connectivity index (χ0) is 17.7. The summed E-state index contributed by atoms with van der Waals surface area (Å²) in [4.78, 5) is 30.0. The summed E-state index contributed by atoms with van der Waals surface area (Å²) in [6.07, 6.45) is 0. The van der Waals surface area contributed by atoms with Gasteiger partial charge >= 0.3 is 0 Å². The summed E-state index contributed by atoms with van der Waals surface area (Å²) in [5, 5.41) is 5.93. The van der Waals surface area contributed by atoms with Crippen LogP contribution < -0.4 is 5.32 Å². The molecule has 0 saturated heterocycles. The van der Waals surface area contributed by atoms with Gasteiger partial charge in [-0.05, 0) is 26.0 Å². The highest BCUT2D eigenvalue weighted by Gasteiger charge is 2.20. The molecule has 0 saturated carbocycles. The molecule has 1 heterocycles. The summed E-state index contributed by atoms with van der Waals surface area (Å²) in [7, 11) is 0. The predicted octanol–water partition coefficient (Wildman–Crippen LogP) is 3.72. The number of carbonyl (C=O) groups excluding carboxylic acids is 2. The molecular formula is C16H17Cl2N3O2S. The van der Waals surface area contributed by atoms with E-state index in [9.17, 15) is 9.59 Å². The van der Waals surface area contributed by atoms with Crippen molar-refractivity contribution in [2.45, 2.75) is 13.8 Å². The Labute approximate surface area is 154 Å². The van der Waals surface area contributed by atoms with Gasteiger partial charge in [0.25, 0.3) is 5.91 Å². The molecule has 1 aromatic heterocycles. The average molecular weight is 386 g/mol. The molecule has 5 nitrogen and oxygen atoms in total. The Morgan fingerprint density at radius 1 is 1.25 bits per heavy atom. The fraction of sp³-hybridized carbons (Fsp3) is 0.312. The number of likely N-dealkylation sites (N-methyl/N-ethyl adjacent to an activating group) is 2. The van der Waals surface area contributed by atoms with Gasteiger partial charge in [0, 0.05) is 24.0 Å². The smallest absolute Gasteiger partial charge is 0.273 e. The van der Waals surface area contributed by atoms with Gasteiger partial charge in [-0.25, -0.2) is 4.98 Å². The topological polar surface area (TPSA) is 62.3 Å². The molecule has 0 fully saturated rings. The minimum absolute atomic E-state index is 0.0167. The van der Waals surface area contributed by atoms with Gasteiger partial charge in [0.1, 0.15) is 10.7 Å². The van der Waals surface area contributed by atoms with Gasteiger partial charge < -0.3 is 10.2 Å². The van der Waals surface area contributed by atoms with E-state index in [1.54, 1.807) is 23.6 Å². The second-order valence-corrected chi connectivity index (χ2v) is 6.61. The first-order valence-corrected chi connectivity index (χ1v) is 9.06. The molecule has 0 radical (unpaired) electrons. The molecule has 1 aromatic carbocycles. The Hall–Kier alpha value is -1.63. The van der Waals surface area contributed by atoms with E-state index < -0.39 is 0 Å². The van der Waals surface area contributed by atoms with Crippen LogP contribution in [-0.4, -0.2) is 41.3 Å². The molecule has 2 aromatic rings. The van der Waals surface area contributed by atoms with Gasteiger partial charge in [0.05, 0.1) is 16.6 Å². The molecule has 2 rings (SSSR count). The van der Waals surface area contributed by atoms with E-state index in [1.807, 2.05) is 13.8 Å². The highest BCUT2D eigenvalue weighted by molar-refractivity contribution is 7.13. The third kappa shape index (κ3) is 4.47. The Morgan fingerprint density at radius 3 is 2.62 bits per heavy atom. The molecule has 0 aliphatic carbocycles. The number of halogens is 2. The lowest BCUT2D eigenvalue weighted by Gasteiger charge is -2.18. The summed E-state index contributed by atoms with van der Waals surface area (Å²) >= 11 is 13.3. The number of hydrogen-bond acceptors (Lipinski definition) is 4. The van der Waals surface area contributed by atoms with Gasteiger partial charge in [0.15, 0.2) is 0 Å². The van der Waals surface area contributed by atoms with Gasteiger partial charge in [0.2, 0.25) is 5.91 Å². The summed E-state index contributed by atoms with van der Waals surface area (Å²) in [6.45, 7) is 4.63. The van der Waals surface area contributed by atoms with Crippen LogP contribution in [0.1, 0.15) is 24.3 Å². The van der Waals surface area contributed by atoms with E-state index >= 15 is 0 Å². The van der Waals surface area contributed by atoms with Crippen LogP contribution in [0.2, 0.25) is 10.0 Å². The maximum atomic E-state index is 12.5. The van der Waals surface area contributed by atoms with Crippen molar-refractivity contribution in [3.05, 3.63) is 39.3 Å². The molecule has 0 bridgehead atoms. The lowest BCUT2D eigenvalue weighted by molar-refractivity contribution is -0.121. The fourth-order valence-corrected chi connectivity index (χ4v) is 3.14. The summed E-state index contributed by atoms with van der Waals surface area (Å²) in [5.74, 6) is -0.459. The maximum absolute atomic E-state index is 12.5. The second kappa shape index (κ2) is 8.46. The minimum atomic E-state index is -0.272. The van der Waals surface area contributed by atoms with Crippen LogP contribution in [0.15, 0.2) is 23.6 Å². The fourth-order valence-electron chi connectivity index (χ4n) is 2.05. The van der Waals surface area contributed by atoms with E-state index in [2.05, 4.69) is 10.3 Å². The largest absolute Gasteiger partial charge is 0.355 e. The van der Waals surface area contributed by atoms with Crippen LogP contribution in [0, 0.1) is 0 Å². The lowest BCUT2D eigenvalue weighted by Crippen LogP contribution is -2.40. The van der Waals surface area contributed by atoms with Crippen molar-refractivity contribution in [3.8, 4) is 10.6 Å². The normalized spacial score (nSPS) is 10.5. The first-order chi connectivity index (χ1) is 11.5. The van der Waals surface area contributed by atoms with Crippen molar-refractivity contribution in [3.63, 3.8) is 0 Å². The van der Waals surface area contributed by atoms with Crippen molar-refractivity contribution in [2.24, 2.45) is 0 Å². The Morgan fingerprint density at radius 2 is 2.00 bits per heavy atom. The number of nitrogens with zero attached hydrogens (tertiary/aromatic N) is 2. The summed E-state index contributed by atoms with van der Waals surface area (Å²) in [5.41, 5.74) is 1.10. The molecule has 0 atom stereocenters. The maximum Gasteiger partial charge on any atom is 0.273 e. The number of amides is 2. The number of nitrogens with one attached hydrogen (secondary N) is 1. The summed E-state index contributed by atoms with van der Waals surface area (Å²) < 4.78 is 0. The van der Waals surface area contributed by atoms with Crippen LogP contribution in [-0.2, 0) is 4.79 Å². The van der Waals surface area contributed by atoms with Crippen LogP contribution in [0.4, 0.5) is 0 Å². The first kappa shape index (κ1) is 18.7. The Balaban J connectivity index is 2.17. The van der Waals surface area contributed by atoms with E-state index in [4.69, 9.17) is 23.2 Å². The van der Waals surface area contributed by atoms with Crippen molar-refractivity contribution in [2.75, 3.05) is 19.6 Å². The zero-order valence-electron chi connectivity index (χ0n) is 13.3. The molecule has 0 aliphatic heterocycles. The van der Waals surface area contributed by atoms with Gasteiger partial charge in [-0.3, -0.25) is 9.59 Å². The number of aromatic nitrogens is 1. The molecule has 24 heavy (non-hydrogen) atoms. The van der Waals surface area contributed by atoms with Crippen molar-refractivity contribution in [1.29, 1.82) is 0 Å². The van der Waals surface area contributed by atoms with Gasteiger partial charge in [-0.15, -0.1) is 11.3 Å². The quantitative estimate of drug-likeness (QED) is 0.823. The zero-order valence-corrected chi connectivity index (χ0v) is 15.6. The average Bonchev–Trinajstić information content (AvgIpc) is 3.04. The highest BCUT2D eigenvalue weighted by atomic mass is 35.5. The molecule has 128 valence electrons. The van der Waals surface area contributed by atoms with E-state index in [0.29, 0.717) is 33.8 Å². The van der Waals surface area contributed by atoms with Crippen molar-refractivity contribution >= 4 is 46.4 Å². The summed E-state index contributed by atoms with van der Waals surface area (Å²) in [6, 6.07) is 5.20.